The largest absolute Gasteiger partial charge is 0.460 e. The molecule has 1 aromatic heterocycles. The fourth-order valence-electron chi connectivity index (χ4n) is 3.71. The van der Waals surface area contributed by atoms with Gasteiger partial charge in [-0.1, -0.05) is 23.7 Å². The smallest absolute Gasteiger partial charge is 0.336 e. The first-order chi connectivity index (χ1) is 14.8. The lowest BCUT2D eigenvalue weighted by Crippen LogP contribution is -2.41. The van der Waals surface area contributed by atoms with Gasteiger partial charge in [0.1, 0.15) is 18.2 Å². The van der Waals surface area contributed by atoms with Crippen molar-refractivity contribution in [1.82, 2.24) is 4.31 Å². The van der Waals surface area contributed by atoms with Crippen molar-refractivity contribution < 1.29 is 22.4 Å². The highest BCUT2D eigenvalue weighted by atomic mass is 35.5. The number of fused-ring (bicyclic) bond motifs is 1. The Kier molecular flexibility index (Phi) is 5.88. The molecule has 4 rings (SSSR count). The number of carbonyl (C=O) groups excluding carboxylic acids is 1. The van der Waals surface area contributed by atoms with Crippen molar-refractivity contribution in [2.75, 3.05) is 6.54 Å². The first-order valence-corrected chi connectivity index (χ1v) is 11.5. The van der Waals surface area contributed by atoms with Crippen molar-refractivity contribution in [3.05, 3.63) is 75.1 Å². The molecule has 1 saturated heterocycles. The third kappa shape index (κ3) is 4.37. The Morgan fingerprint density at radius 2 is 1.94 bits per heavy atom. The van der Waals surface area contributed by atoms with Crippen molar-refractivity contribution in [2.45, 2.75) is 37.3 Å². The second kappa shape index (κ2) is 8.45. The molecular weight excluding hydrogens is 442 g/mol. The molecule has 9 heteroatoms. The predicted octanol–water partition coefficient (Wildman–Crippen LogP) is 3.65. The number of sulfonamides is 1. The molecule has 0 saturated carbocycles. The first-order valence-electron chi connectivity index (χ1n) is 9.73. The third-order valence-electron chi connectivity index (χ3n) is 5.25. The molecule has 0 spiro atoms. The van der Waals surface area contributed by atoms with Gasteiger partial charge in [0.25, 0.3) is 0 Å². The van der Waals surface area contributed by atoms with Crippen molar-refractivity contribution in [2.24, 2.45) is 0 Å². The summed E-state index contributed by atoms with van der Waals surface area (Å²) in [4.78, 5) is 24.7. The number of nitrogens with zero attached hydrogens (tertiary/aromatic N) is 1. The molecule has 1 aliphatic heterocycles. The number of hydrogen-bond acceptors (Lipinski definition) is 6. The van der Waals surface area contributed by atoms with E-state index in [-0.39, 0.29) is 18.0 Å². The molecule has 1 fully saturated rings. The Bertz CT molecular complexity index is 1300. The molecule has 1 atom stereocenters. The summed E-state index contributed by atoms with van der Waals surface area (Å²) in [6.07, 6.45) is 0.909. The summed E-state index contributed by atoms with van der Waals surface area (Å²) in [6.45, 7) is 1.94. The molecule has 0 aliphatic carbocycles. The van der Waals surface area contributed by atoms with E-state index in [1.165, 1.54) is 34.6 Å². The van der Waals surface area contributed by atoms with Gasteiger partial charge in [-0.2, -0.15) is 4.31 Å². The van der Waals surface area contributed by atoms with E-state index in [9.17, 15) is 18.0 Å². The van der Waals surface area contributed by atoms with Crippen molar-refractivity contribution >= 4 is 38.6 Å². The molecule has 3 aromatic rings. The monoisotopic (exact) mass is 461 g/mol. The number of carbonyl (C=O) groups is 1. The van der Waals surface area contributed by atoms with Crippen LogP contribution in [0.2, 0.25) is 5.02 Å². The Morgan fingerprint density at radius 3 is 2.68 bits per heavy atom. The maximum Gasteiger partial charge on any atom is 0.336 e. The minimum Gasteiger partial charge on any atom is -0.460 e. The number of halogens is 1. The summed E-state index contributed by atoms with van der Waals surface area (Å²) < 4.78 is 37.8. The number of esters is 1. The second-order valence-corrected chi connectivity index (χ2v) is 9.75. The van der Waals surface area contributed by atoms with E-state index < -0.39 is 27.7 Å². The van der Waals surface area contributed by atoms with E-state index >= 15 is 0 Å². The number of benzene rings is 2. The van der Waals surface area contributed by atoms with Crippen LogP contribution in [0.5, 0.6) is 0 Å². The van der Waals surface area contributed by atoms with Gasteiger partial charge < -0.3 is 9.15 Å². The number of rotatable bonds is 5. The Labute approximate surface area is 184 Å². The molecule has 1 aliphatic rings. The second-order valence-electron chi connectivity index (χ2n) is 7.43. The van der Waals surface area contributed by atoms with Gasteiger partial charge in [-0.3, -0.25) is 4.79 Å². The molecule has 1 unspecified atom stereocenters. The molecule has 7 nitrogen and oxygen atoms in total. The van der Waals surface area contributed by atoms with E-state index in [0.29, 0.717) is 34.4 Å². The topological polar surface area (TPSA) is 93.9 Å². The van der Waals surface area contributed by atoms with Crippen molar-refractivity contribution in [3.8, 4) is 0 Å². The molecule has 2 heterocycles. The summed E-state index contributed by atoms with van der Waals surface area (Å²) in [6, 6.07) is 11.6. The van der Waals surface area contributed by atoms with E-state index in [1.54, 1.807) is 12.1 Å². The third-order valence-corrected chi connectivity index (χ3v) is 7.43. The van der Waals surface area contributed by atoms with Gasteiger partial charge in [-0.15, -0.1) is 0 Å². The average Bonchev–Trinajstić information content (AvgIpc) is 3.22. The van der Waals surface area contributed by atoms with Crippen LogP contribution in [-0.4, -0.2) is 31.3 Å². The van der Waals surface area contributed by atoms with Gasteiger partial charge in [0.05, 0.1) is 4.90 Å². The maximum atomic E-state index is 13.0. The average molecular weight is 462 g/mol. The first kappa shape index (κ1) is 21.5. The molecule has 0 N–H and O–H groups in total. The summed E-state index contributed by atoms with van der Waals surface area (Å²) in [5.41, 5.74) is 1.30. The summed E-state index contributed by atoms with van der Waals surface area (Å²) >= 11 is 5.85. The fourth-order valence-corrected chi connectivity index (χ4v) is 5.48. The van der Waals surface area contributed by atoms with Crippen LogP contribution in [0, 0.1) is 6.92 Å². The lowest BCUT2D eigenvalue weighted by atomic mass is 10.1. The van der Waals surface area contributed by atoms with E-state index in [1.807, 2.05) is 13.0 Å². The molecule has 0 amide bonds. The van der Waals surface area contributed by atoms with Gasteiger partial charge in [0.15, 0.2) is 0 Å². The normalized spacial score (nSPS) is 17.2. The lowest BCUT2D eigenvalue weighted by molar-refractivity contribution is -0.148. The SMILES string of the molecule is Cc1ccc2c(COC(=O)C3CCCN3S(=O)(=O)c3ccc(Cl)cc3)cc(=O)oc2c1. The quantitative estimate of drug-likeness (QED) is 0.425. The van der Waals surface area contributed by atoms with E-state index in [2.05, 4.69) is 0 Å². The van der Waals surface area contributed by atoms with Crippen LogP contribution in [0.4, 0.5) is 0 Å². The maximum absolute atomic E-state index is 13.0. The molecule has 31 heavy (non-hydrogen) atoms. The Hall–Kier alpha value is -2.68. The van der Waals surface area contributed by atoms with Gasteiger partial charge in [-0.25, -0.2) is 13.2 Å². The van der Waals surface area contributed by atoms with Gasteiger partial charge >= 0.3 is 11.6 Å². The predicted molar refractivity (Wildman–Crippen MR) is 115 cm³/mol. The van der Waals surface area contributed by atoms with Gasteiger partial charge in [0, 0.05) is 28.6 Å². The zero-order chi connectivity index (χ0) is 22.2. The standard InChI is InChI=1S/C22H20ClNO6S/c1-14-4-9-18-15(12-21(25)30-20(18)11-14)13-29-22(26)19-3-2-10-24(19)31(27,28)17-7-5-16(23)6-8-17/h4-9,11-12,19H,2-3,10,13H2,1H3. The van der Waals surface area contributed by atoms with E-state index in [4.69, 9.17) is 20.8 Å². The highest BCUT2D eigenvalue weighted by Crippen LogP contribution is 2.28. The van der Waals surface area contributed by atoms with Crippen molar-refractivity contribution in [1.29, 1.82) is 0 Å². The summed E-state index contributed by atoms with van der Waals surface area (Å²) in [7, 11) is -3.87. The summed E-state index contributed by atoms with van der Waals surface area (Å²) in [5.74, 6) is -0.649. The van der Waals surface area contributed by atoms with Crippen LogP contribution in [0.15, 0.2) is 62.6 Å². The van der Waals surface area contributed by atoms with Gasteiger partial charge in [-0.05, 0) is 55.7 Å². The zero-order valence-electron chi connectivity index (χ0n) is 16.7. The fraction of sp³-hybridized carbons (Fsp3) is 0.273. The van der Waals surface area contributed by atoms with Crippen LogP contribution in [0.25, 0.3) is 11.0 Å². The summed E-state index contributed by atoms with van der Waals surface area (Å²) in [5, 5.41) is 1.08. The number of aryl methyl sites for hydroxylation is 1. The molecule has 2 aromatic carbocycles. The lowest BCUT2D eigenvalue weighted by Gasteiger charge is -2.23. The van der Waals surface area contributed by atoms with Crippen LogP contribution in [-0.2, 0) is 26.2 Å². The molecule has 0 radical (unpaired) electrons. The number of ether oxygens (including phenoxy) is 1. The minimum atomic E-state index is -3.87. The van der Waals surface area contributed by atoms with Crippen molar-refractivity contribution in [3.63, 3.8) is 0 Å². The van der Waals surface area contributed by atoms with Crippen LogP contribution < -0.4 is 5.63 Å². The zero-order valence-corrected chi connectivity index (χ0v) is 18.3. The highest BCUT2D eigenvalue weighted by Gasteiger charge is 2.40. The highest BCUT2D eigenvalue weighted by molar-refractivity contribution is 7.89. The molecule has 0 bridgehead atoms. The minimum absolute atomic E-state index is 0.0682. The van der Waals surface area contributed by atoms with E-state index in [0.717, 1.165) is 5.56 Å². The Balaban J connectivity index is 1.54. The van der Waals surface area contributed by atoms with Gasteiger partial charge in [0.2, 0.25) is 10.0 Å². The molecule has 162 valence electrons. The molecular formula is C22H20ClNO6S. The Morgan fingerprint density at radius 1 is 1.19 bits per heavy atom. The van der Waals surface area contributed by atoms with Crippen LogP contribution >= 0.6 is 11.6 Å². The van der Waals surface area contributed by atoms with Crippen LogP contribution in [0.3, 0.4) is 0 Å². The van der Waals surface area contributed by atoms with Crippen LogP contribution in [0.1, 0.15) is 24.0 Å². The number of hydrogen-bond donors (Lipinski definition) is 0.